The molecule has 2 fully saturated rings. The second kappa shape index (κ2) is 6.19. The quantitative estimate of drug-likeness (QED) is 0.611. The summed E-state index contributed by atoms with van der Waals surface area (Å²) < 4.78 is 0. The molecule has 27 heavy (non-hydrogen) atoms. The Morgan fingerprint density at radius 3 is 2.26 bits per heavy atom. The standard InChI is InChI=1S/C22H22N2O3/c25-18(23-10-8-15(9-11-23)14-4-2-1-3-5-14)13-24-21(26)19-16-6-7-17(12-16)20(19)22(24)27/h1-8,16-17,19-20H,9-13H2/t16-,17-,19-,20-/m0/s1. The molecule has 2 aliphatic heterocycles. The number of benzene rings is 1. The van der Waals surface area contributed by atoms with Crippen molar-refractivity contribution < 1.29 is 14.4 Å². The molecule has 0 unspecified atom stereocenters. The molecule has 4 atom stereocenters. The number of rotatable bonds is 3. The molecule has 2 bridgehead atoms. The second-order valence-corrected chi connectivity index (χ2v) is 7.95. The summed E-state index contributed by atoms with van der Waals surface area (Å²) in [6.45, 7) is 1.03. The summed E-state index contributed by atoms with van der Waals surface area (Å²) in [5, 5.41) is 0. The van der Waals surface area contributed by atoms with Gasteiger partial charge in [-0.1, -0.05) is 48.6 Å². The lowest BCUT2D eigenvalue weighted by molar-refractivity contribution is -0.147. The molecular formula is C22H22N2O3. The van der Waals surface area contributed by atoms with Crippen LogP contribution in [0.2, 0.25) is 0 Å². The van der Waals surface area contributed by atoms with E-state index in [9.17, 15) is 14.4 Å². The number of hydrogen-bond donors (Lipinski definition) is 0. The summed E-state index contributed by atoms with van der Waals surface area (Å²) in [7, 11) is 0. The molecule has 5 heteroatoms. The van der Waals surface area contributed by atoms with E-state index in [-0.39, 0.29) is 47.9 Å². The monoisotopic (exact) mass is 362 g/mol. The molecule has 5 nitrogen and oxygen atoms in total. The topological polar surface area (TPSA) is 57.7 Å². The first-order valence-corrected chi connectivity index (χ1v) is 9.69. The molecular weight excluding hydrogens is 340 g/mol. The lowest BCUT2D eigenvalue weighted by Gasteiger charge is -2.28. The fraction of sp³-hybridized carbons (Fsp3) is 0.409. The van der Waals surface area contributed by atoms with Crippen LogP contribution in [0.3, 0.4) is 0 Å². The Kier molecular flexibility index (Phi) is 3.78. The van der Waals surface area contributed by atoms with E-state index in [1.54, 1.807) is 4.90 Å². The van der Waals surface area contributed by atoms with Gasteiger partial charge in [0.15, 0.2) is 0 Å². The van der Waals surface area contributed by atoms with Gasteiger partial charge in [0, 0.05) is 13.1 Å². The number of carbonyl (C=O) groups is 3. The van der Waals surface area contributed by atoms with Crippen molar-refractivity contribution in [2.75, 3.05) is 19.6 Å². The van der Waals surface area contributed by atoms with Crippen molar-refractivity contribution in [3.63, 3.8) is 0 Å². The van der Waals surface area contributed by atoms with Gasteiger partial charge in [-0.25, -0.2) is 0 Å². The largest absolute Gasteiger partial charge is 0.337 e. The highest BCUT2D eigenvalue weighted by Crippen LogP contribution is 2.52. The van der Waals surface area contributed by atoms with Crippen LogP contribution in [0, 0.1) is 23.7 Å². The Bertz CT molecular complexity index is 843. The van der Waals surface area contributed by atoms with Crippen molar-refractivity contribution in [1.29, 1.82) is 0 Å². The molecule has 1 saturated carbocycles. The van der Waals surface area contributed by atoms with Gasteiger partial charge in [0.1, 0.15) is 6.54 Å². The van der Waals surface area contributed by atoms with Crippen molar-refractivity contribution in [3.05, 3.63) is 54.1 Å². The molecule has 0 aromatic heterocycles. The van der Waals surface area contributed by atoms with Gasteiger partial charge < -0.3 is 4.90 Å². The zero-order chi connectivity index (χ0) is 18.5. The summed E-state index contributed by atoms with van der Waals surface area (Å²) in [4.78, 5) is 41.2. The highest BCUT2D eigenvalue weighted by atomic mass is 16.2. The van der Waals surface area contributed by atoms with E-state index < -0.39 is 0 Å². The van der Waals surface area contributed by atoms with Crippen LogP contribution in [-0.2, 0) is 14.4 Å². The minimum atomic E-state index is -0.230. The molecule has 138 valence electrons. The number of allylic oxidation sites excluding steroid dienone is 2. The molecule has 5 rings (SSSR count). The average molecular weight is 362 g/mol. The minimum Gasteiger partial charge on any atom is -0.337 e. The Balaban J connectivity index is 1.25. The van der Waals surface area contributed by atoms with Gasteiger partial charge in [-0.15, -0.1) is 0 Å². The number of nitrogens with zero attached hydrogens (tertiary/aromatic N) is 2. The van der Waals surface area contributed by atoms with Crippen molar-refractivity contribution in [2.24, 2.45) is 23.7 Å². The number of carbonyl (C=O) groups excluding carboxylic acids is 3. The van der Waals surface area contributed by atoms with Crippen molar-refractivity contribution in [1.82, 2.24) is 9.80 Å². The zero-order valence-electron chi connectivity index (χ0n) is 15.1. The van der Waals surface area contributed by atoms with Crippen LogP contribution in [0.5, 0.6) is 0 Å². The van der Waals surface area contributed by atoms with Crippen LogP contribution in [0.4, 0.5) is 0 Å². The van der Waals surface area contributed by atoms with E-state index in [4.69, 9.17) is 0 Å². The van der Waals surface area contributed by atoms with Crippen LogP contribution in [0.25, 0.3) is 5.57 Å². The fourth-order valence-corrected chi connectivity index (χ4v) is 5.17. The molecule has 1 aromatic rings. The molecule has 0 N–H and O–H groups in total. The molecule has 0 radical (unpaired) electrons. The van der Waals surface area contributed by atoms with E-state index in [0.717, 1.165) is 12.8 Å². The zero-order valence-corrected chi connectivity index (χ0v) is 15.1. The van der Waals surface area contributed by atoms with Gasteiger partial charge >= 0.3 is 0 Å². The summed E-state index contributed by atoms with van der Waals surface area (Å²) in [5.74, 6) is -0.524. The Hall–Kier alpha value is -2.69. The van der Waals surface area contributed by atoms with E-state index in [2.05, 4.69) is 30.4 Å². The molecule has 2 aliphatic carbocycles. The number of imide groups is 1. The SMILES string of the molecule is O=C(CN1C(=O)[C@@H]2[C@@H](C1=O)[C@H]1C=C[C@H]2C1)N1CC=C(c2ccccc2)CC1. The molecule has 4 aliphatic rings. The van der Waals surface area contributed by atoms with Crippen molar-refractivity contribution in [2.45, 2.75) is 12.8 Å². The third-order valence-corrected chi connectivity index (χ3v) is 6.56. The van der Waals surface area contributed by atoms with Crippen LogP contribution < -0.4 is 0 Å². The van der Waals surface area contributed by atoms with E-state index in [0.29, 0.717) is 13.1 Å². The lowest BCUT2D eigenvalue weighted by atomic mass is 9.85. The normalized spacial score (nSPS) is 31.5. The third-order valence-electron chi connectivity index (χ3n) is 6.56. The summed E-state index contributed by atoms with van der Waals surface area (Å²) >= 11 is 0. The summed E-state index contributed by atoms with van der Waals surface area (Å²) in [5.41, 5.74) is 2.43. The predicted octanol–water partition coefficient (Wildman–Crippen LogP) is 2.11. The first-order chi connectivity index (χ1) is 13.1. The maximum Gasteiger partial charge on any atom is 0.243 e. The maximum absolute atomic E-state index is 12.7. The van der Waals surface area contributed by atoms with Gasteiger partial charge in [-0.2, -0.15) is 0 Å². The maximum atomic E-state index is 12.7. The molecule has 2 heterocycles. The molecule has 1 aromatic carbocycles. The third kappa shape index (κ3) is 2.56. The van der Waals surface area contributed by atoms with E-state index >= 15 is 0 Å². The van der Waals surface area contributed by atoms with Crippen LogP contribution >= 0.6 is 0 Å². The highest BCUT2D eigenvalue weighted by Gasteiger charge is 2.59. The summed E-state index contributed by atoms with van der Waals surface area (Å²) in [6.07, 6.45) is 7.92. The fourth-order valence-electron chi connectivity index (χ4n) is 5.17. The second-order valence-electron chi connectivity index (χ2n) is 7.95. The Morgan fingerprint density at radius 2 is 1.67 bits per heavy atom. The van der Waals surface area contributed by atoms with Crippen molar-refractivity contribution in [3.8, 4) is 0 Å². The molecule has 0 spiro atoms. The number of amides is 3. The highest BCUT2D eigenvalue weighted by molar-refractivity contribution is 6.08. The van der Waals surface area contributed by atoms with Gasteiger partial charge in [0.25, 0.3) is 0 Å². The predicted molar refractivity (Wildman–Crippen MR) is 100 cm³/mol. The first kappa shape index (κ1) is 16.5. The first-order valence-electron chi connectivity index (χ1n) is 9.69. The number of fused-ring (bicyclic) bond motifs is 5. The van der Waals surface area contributed by atoms with Crippen LogP contribution in [0.1, 0.15) is 18.4 Å². The van der Waals surface area contributed by atoms with E-state index in [1.165, 1.54) is 16.0 Å². The summed E-state index contributed by atoms with van der Waals surface area (Å²) in [6, 6.07) is 10.2. The smallest absolute Gasteiger partial charge is 0.243 e. The molecule has 3 amide bonds. The number of likely N-dealkylation sites (tertiary alicyclic amines) is 1. The van der Waals surface area contributed by atoms with E-state index in [1.807, 2.05) is 18.2 Å². The van der Waals surface area contributed by atoms with Gasteiger partial charge in [0.05, 0.1) is 11.8 Å². The van der Waals surface area contributed by atoms with Crippen LogP contribution in [0.15, 0.2) is 48.6 Å². The Labute approximate surface area is 158 Å². The van der Waals surface area contributed by atoms with Crippen molar-refractivity contribution >= 4 is 23.3 Å². The minimum absolute atomic E-state index is 0.112. The lowest BCUT2D eigenvalue weighted by Crippen LogP contribution is -2.45. The van der Waals surface area contributed by atoms with Gasteiger partial charge in [0.2, 0.25) is 17.7 Å². The van der Waals surface area contributed by atoms with Gasteiger partial charge in [-0.05, 0) is 35.8 Å². The number of hydrogen-bond acceptors (Lipinski definition) is 3. The Morgan fingerprint density at radius 1 is 1.00 bits per heavy atom. The average Bonchev–Trinajstić information content (AvgIpc) is 3.39. The molecule has 1 saturated heterocycles. The van der Waals surface area contributed by atoms with Gasteiger partial charge in [-0.3, -0.25) is 19.3 Å². The van der Waals surface area contributed by atoms with Crippen LogP contribution in [-0.4, -0.2) is 47.2 Å².